The Kier molecular flexibility index (Phi) is 3.29. The lowest BCUT2D eigenvalue weighted by atomic mass is 10.0. The topological polar surface area (TPSA) is 38.3 Å². The minimum atomic E-state index is -0.0937. The number of rotatable bonds is 3. The summed E-state index contributed by atoms with van der Waals surface area (Å²) < 4.78 is 5.27. The van der Waals surface area contributed by atoms with Crippen molar-refractivity contribution < 1.29 is 9.53 Å². The van der Waals surface area contributed by atoms with Crippen LogP contribution in [0.15, 0.2) is 6.07 Å². The minimum absolute atomic E-state index is 0.0937. The van der Waals surface area contributed by atoms with Crippen LogP contribution in [0.1, 0.15) is 34.3 Å². The number of ether oxygens (including phenoxy) is 1. The molecule has 17 heavy (non-hydrogen) atoms. The molecule has 0 unspecified atom stereocenters. The van der Waals surface area contributed by atoms with Gasteiger partial charge in [-0.3, -0.25) is 4.79 Å². The Morgan fingerprint density at radius 3 is 2.65 bits per heavy atom. The molecule has 0 aromatic heterocycles. The highest BCUT2D eigenvalue weighted by molar-refractivity contribution is 6.32. The quantitative estimate of drug-likeness (QED) is 0.900. The number of nitrogens with one attached hydrogen (secondary N) is 1. The van der Waals surface area contributed by atoms with Crippen molar-refractivity contribution in [3.05, 3.63) is 27.8 Å². The van der Waals surface area contributed by atoms with Crippen molar-refractivity contribution in [2.75, 3.05) is 7.11 Å². The van der Waals surface area contributed by atoms with Crippen LogP contribution in [0.25, 0.3) is 0 Å². The van der Waals surface area contributed by atoms with Crippen LogP contribution in [0, 0.1) is 13.8 Å². The monoisotopic (exact) mass is 253 g/mol. The van der Waals surface area contributed by atoms with E-state index in [4.69, 9.17) is 16.3 Å². The molecule has 1 N–H and O–H groups in total. The van der Waals surface area contributed by atoms with E-state index in [0.717, 1.165) is 24.0 Å². The van der Waals surface area contributed by atoms with Gasteiger partial charge in [0, 0.05) is 11.1 Å². The molecule has 1 aromatic carbocycles. The second-order valence-corrected chi connectivity index (χ2v) is 4.84. The van der Waals surface area contributed by atoms with Gasteiger partial charge in [0.1, 0.15) is 5.75 Å². The molecule has 1 aliphatic rings. The maximum absolute atomic E-state index is 12.1. The van der Waals surface area contributed by atoms with E-state index in [-0.39, 0.29) is 5.91 Å². The average Bonchev–Trinajstić information content (AvgIpc) is 3.08. The van der Waals surface area contributed by atoms with Crippen molar-refractivity contribution in [1.29, 1.82) is 0 Å². The molecule has 2 rings (SSSR count). The number of carbonyl (C=O) groups is 1. The molecular weight excluding hydrogens is 238 g/mol. The smallest absolute Gasteiger partial charge is 0.255 e. The number of methoxy groups -OCH3 is 1. The van der Waals surface area contributed by atoms with Crippen molar-refractivity contribution in [3.8, 4) is 5.75 Å². The summed E-state index contributed by atoms with van der Waals surface area (Å²) in [6.45, 7) is 3.75. The van der Waals surface area contributed by atoms with Gasteiger partial charge in [-0.1, -0.05) is 11.6 Å². The normalized spacial score (nSPS) is 14.6. The molecule has 1 fully saturated rings. The highest BCUT2D eigenvalue weighted by atomic mass is 35.5. The van der Waals surface area contributed by atoms with Crippen LogP contribution in [0.5, 0.6) is 5.75 Å². The van der Waals surface area contributed by atoms with E-state index in [1.165, 1.54) is 0 Å². The van der Waals surface area contributed by atoms with Crippen molar-refractivity contribution in [1.82, 2.24) is 5.32 Å². The van der Waals surface area contributed by atoms with Gasteiger partial charge in [0.25, 0.3) is 5.91 Å². The fraction of sp³-hybridized carbons (Fsp3) is 0.462. The molecule has 0 saturated heterocycles. The zero-order chi connectivity index (χ0) is 12.6. The third-order valence-electron chi connectivity index (χ3n) is 3.00. The second kappa shape index (κ2) is 4.57. The Labute approximate surface area is 106 Å². The zero-order valence-corrected chi connectivity index (χ0v) is 11.0. The summed E-state index contributed by atoms with van der Waals surface area (Å²) >= 11 is 6.17. The second-order valence-electron chi connectivity index (χ2n) is 4.46. The number of hydrogen-bond acceptors (Lipinski definition) is 2. The SMILES string of the molecule is COc1cc(C)c(Cl)c(C)c1C(=O)NC1CC1. The first-order chi connectivity index (χ1) is 8.04. The van der Waals surface area contributed by atoms with Gasteiger partial charge in [0.05, 0.1) is 12.7 Å². The lowest BCUT2D eigenvalue weighted by Crippen LogP contribution is -2.26. The third kappa shape index (κ3) is 2.39. The molecule has 1 aliphatic carbocycles. The van der Waals surface area contributed by atoms with Crippen molar-refractivity contribution in [2.24, 2.45) is 0 Å². The van der Waals surface area contributed by atoms with Gasteiger partial charge in [-0.15, -0.1) is 0 Å². The molecule has 0 heterocycles. The van der Waals surface area contributed by atoms with Gasteiger partial charge in [-0.05, 0) is 43.9 Å². The van der Waals surface area contributed by atoms with E-state index in [0.29, 0.717) is 22.4 Å². The number of hydrogen-bond donors (Lipinski definition) is 1. The van der Waals surface area contributed by atoms with Crippen LogP contribution < -0.4 is 10.1 Å². The summed E-state index contributed by atoms with van der Waals surface area (Å²) in [6.07, 6.45) is 2.12. The lowest BCUT2D eigenvalue weighted by Gasteiger charge is -2.14. The van der Waals surface area contributed by atoms with Gasteiger partial charge in [0.15, 0.2) is 0 Å². The predicted octanol–water partition coefficient (Wildman–Crippen LogP) is 2.86. The van der Waals surface area contributed by atoms with Crippen molar-refractivity contribution >= 4 is 17.5 Å². The van der Waals surface area contributed by atoms with E-state index in [1.807, 2.05) is 13.8 Å². The lowest BCUT2D eigenvalue weighted by molar-refractivity contribution is 0.0947. The Morgan fingerprint density at radius 1 is 1.47 bits per heavy atom. The van der Waals surface area contributed by atoms with E-state index in [1.54, 1.807) is 13.2 Å². The number of aryl methyl sites for hydroxylation is 1. The largest absolute Gasteiger partial charge is 0.496 e. The molecule has 0 radical (unpaired) electrons. The minimum Gasteiger partial charge on any atom is -0.496 e. The third-order valence-corrected chi connectivity index (χ3v) is 3.59. The van der Waals surface area contributed by atoms with Gasteiger partial charge in [-0.2, -0.15) is 0 Å². The average molecular weight is 254 g/mol. The van der Waals surface area contributed by atoms with Crippen molar-refractivity contribution in [2.45, 2.75) is 32.7 Å². The van der Waals surface area contributed by atoms with Gasteiger partial charge >= 0.3 is 0 Å². The van der Waals surface area contributed by atoms with Gasteiger partial charge in [0.2, 0.25) is 0 Å². The fourth-order valence-corrected chi connectivity index (χ4v) is 2.00. The van der Waals surface area contributed by atoms with E-state index in [2.05, 4.69) is 5.32 Å². The summed E-state index contributed by atoms with van der Waals surface area (Å²) in [5.74, 6) is 0.492. The Bertz CT molecular complexity index is 467. The summed E-state index contributed by atoms with van der Waals surface area (Å²) in [4.78, 5) is 12.1. The highest BCUT2D eigenvalue weighted by Gasteiger charge is 2.27. The fourth-order valence-electron chi connectivity index (χ4n) is 1.85. The van der Waals surface area contributed by atoms with Crippen molar-refractivity contribution in [3.63, 3.8) is 0 Å². The van der Waals surface area contributed by atoms with E-state index >= 15 is 0 Å². The van der Waals surface area contributed by atoms with Gasteiger partial charge < -0.3 is 10.1 Å². The van der Waals surface area contributed by atoms with Crippen LogP contribution in [0.4, 0.5) is 0 Å². The molecule has 1 saturated carbocycles. The van der Waals surface area contributed by atoms with E-state index < -0.39 is 0 Å². The maximum atomic E-state index is 12.1. The standard InChI is InChI=1S/C13H16ClNO2/c1-7-6-10(17-3)11(8(2)12(7)14)13(16)15-9-4-5-9/h6,9H,4-5H2,1-3H3,(H,15,16). The van der Waals surface area contributed by atoms with Crippen LogP contribution in [-0.2, 0) is 0 Å². The molecule has 3 nitrogen and oxygen atoms in total. The molecule has 92 valence electrons. The molecule has 0 atom stereocenters. The van der Waals surface area contributed by atoms with Crippen LogP contribution in [0.3, 0.4) is 0 Å². The first-order valence-electron chi connectivity index (χ1n) is 5.69. The Hall–Kier alpha value is -1.22. The molecule has 0 bridgehead atoms. The van der Waals surface area contributed by atoms with E-state index in [9.17, 15) is 4.79 Å². The summed E-state index contributed by atoms with van der Waals surface area (Å²) in [5.41, 5.74) is 2.25. The molecule has 4 heteroatoms. The first kappa shape index (κ1) is 12.2. The molecule has 1 aromatic rings. The summed E-state index contributed by atoms with van der Waals surface area (Å²) in [6, 6.07) is 2.13. The number of carbonyl (C=O) groups excluding carboxylic acids is 1. The van der Waals surface area contributed by atoms with Crippen LogP contribution in [-0.4, -0.2) is 19.1 Å². The summed E-state index contributed by atoms with van der Waals surface area (Å²) in [7, 11) is 1.57. The summed E-state index contributed by atoms with van der Waals surface area (Å²) in [5, 5.41) is 3.59. The molecular formula is C13H16ClNO2. The Morgan fingerprint density at radius 2 is 2.12 bits per heavy atom. The first-order valence-corrected chi connectivity index (χ1v) is 6.07. The van der Waals surface area contributed by atoms with Crippen LogP contribution in [0.2, 0.25) is 5.02 Å². The zero-order valence-electron chi connectivity index (χ0n) is 10.3. The number of amides is 1. The molecule has 0 aliphatic heterocycles. The predicted molar refractivity (Wildman–Crippen MR) is 68.0 cm³/mol. The number of halogens is 1. The number of benzene rings is 1. The highest BCUT2D eigenvalue weighted by Crippen LogP contribution is 2.32. The molecule has 1 amide bonds. The van der Waals surface area contributed by atoms with Crippen LogP contribution >= 0.6 is 11.6 Å². The van der Waals surface area contributed by atoms with Gasteiger partial charge in [-0.25, -0.2) is 0 Å². The Balaban J connectivity index is 2.42. The maximum Gasteiger partial charge on any atom is 0.255 e. The molecule has 0 spiro atoms.